The van der Waals surface area contributed by atoms with Crippen molar-refractivity contribution in [3.63, 3.8) is 0 Å². The predicted molar refractivity (Wildman–Crippen MR) is 91.1 cm³/mol. The van der Waals surface area contributed by atoms with E-state index in [9.17, 15) is 9.65 Å². The summed E-state index contributed by atoms with van der Waals surface area (Å²) in [4.78, 5) is 4.05. The van der Waals surface area contributed by atoms with Crippen LogP contribution in [-0.4, -0.2) is 27.9 Å². The van der Waals surface area contributed by atoms with Gasteiger partial charge in [-0.3, -0.25) is 4.68 Å². The van der Waals surface area contributed by atoms with Crippen molar-refractivity contribution >= 4 is 0 Å². The summed E-state index contributed by atoms with van der Waals surface area (Å²) in [6.07, 6.45) is 3.37. The van der Waals surface area contributed by atoms with E-state index in [1.165, 1.54) is 12.1 Å². The van der Waals surface area contributed by atoms with Gasteiger partial charge in [0, 0.05) is 42.7 Å². The van der Waals surface area contributed by atoms with Crippen molar-refractivity contribution in [2.45, 2.75) is 0 Å². The average molecular weight is 337 g/mol. The number of aryl methyl sites for hydroxylation is 1. The molecular weight excluding hydrogens is 321 g/mol. The highest BCUT2D eigenvalue weighted by Crippen LogP contribution is 2.37. The van der Waals surface area contributed by atoms with Gasteiger partial charge < -0.3 is 10.5 Å². The fraction of sp³-hybridized carbons (Fsp3) is 0.167. The summed E-state index contributed by atoms with van der Waals surface area (Å²) in [5.41, 5.74) is 8.57. The fourth-order valence-electron chi connectivity index (χ4n) is 2.55. The molecule has 6 nitrogen and oxygen atoms in total. The van der Waals surface area contributed by atoms with Gasteiger partial charge in [0.1, 0.15) is 24.2 Å². The van der Waals surface area contributed by atoms with E-state index in [-0.39, 0.29) is 18.1 Å². The molecule has 0 spiro atoms. The second-order valence-electron chi connectivity index (χ2n) is 5.36. The zero-order chi connectivity index (χ0) is 17.8. The van der Waals surface area contributed by atoms with Crippen molar-refractivity contribution in [3.8, 4) is 34.2 Å². The lowest BCUT2D eigenvalue weighted by atomic mass is 10.0. The van der Waals surface area contributed by atoms with Crippen molar-refractivity contribution in [1.82, 2.24) is 14.8 Å². The lowest BCUT2D eigenvalue weighted by molar-refractivity contribution is 0.327. The molecule has 2 heterocycles. The van der Waals surface area contributed by atoms with Crippen LogP contribution in [0.4, 0.5) is 4.39 Å². The summed E-state index contributed by atoms with van der Waals surface area (Å²) in [5.74, 6) is 0.0516. The lowest BCUT2D eigenvalue weighted by Gasteiger charge is -2.12. The normalized spacial score (nSPS) is 10.5. The van der Waals surface area contributed by atoms with E-state index in [4.69, 9.17) is 10.5 Å². The van der Waals surface area contributed by atoms with Crippen LogP contribution in [0.25, 0.3) is 22.4 Å². The van der Waals surface area contributed by atoms with Gasteiger partial charge in [0.25, 0.3) is 0 Å². The van der Waals surface area contributed by atoms with Crippen LogP contribution in [0.15, 0.2) is 42.7 Å². The first-order valence-electron chi connectivity index (χ1n) is 7.66. The standard InChI is InChI=1S/C18H16FN5O/c1-24-11-15(17(23-24)12-2-4-13(19)5-3-12)14-6-8-22-16(10-21)18(14)25-9-7-20/h2-6,8,11H,7,9,20H2,1H3. The van der Waals surface area contributed by atoms with Crippen molar-refractivity contribution < 1.29 is 9.13 Å². The van der Waals surface area contributed by atoms with E-state index < -0.39 is 0 Å². The molecule has 0 amide bonds. The van der Waals surface area contributed by atoms with Crippen molar-refractivity contribution in [1.29, 1.82) is 5.26 Å². The first-order chi connectivity index (χ1) is 12.1. The van der Waals surface area contributed by atoms with Gasteiger partial charge in [0.05, 0.1) is 0 Å². The molecule has 0 bridgehead atoms. The minimum atomic E-state index is -0.316. The van der Waals surface area contributed by atoms with Crippen LogP contribution < -0.4 is 10.5 Å². The number of benzene rings is 1. The van der Waals surface area contributed by atoms with Crippen LogP contribution in [-0.2, 0) is 7.05 Å². The van der Waals surface area contributed by atoms with Gasteiger partial charge in [-0.1, -0.05) is 0 Å². The molecule has 126 valence electrons. The summed E-state index contributed by atoms with van der Waals surface area (Å²) < 4.78 is 20.6. The van der Waals surface area contributed by atoms with Gasteiger partial charge in [0.15, 0.2) is 11.4 Å². The molecule has 0 aliphatic rings. The molecule has 3 rings (SSSR count). The van der Waals surface area contributed by atoms with E-state index in [1.807, 2.05) is 12.3 Å². The highest BCUT2D eigenvalue weighted by atomic mass is 19.1. The quantitative estimate of drug-likeness (QED) is 0.772. The molecule has 2 N–H and O–H groups in total. The lowest BCUT2D eigenvalue weighted by Crippen LogP contribution is -2.12. The third-order valence-electron chi connectivity index (χ3n) is 3.61. The number of hydrogen-bond acceptors (Lipinski definition) is 5. The Kier molecular flexibility index (Phi) is 4.73. The number of nitrogens with zero attached hydrogens (tertiary/aromatic N) is 4. The number of nitrogens with two attached hydrogens (primary N) is 1. The molecule has 2 aromatic heterocycles. The van der Waals surface area contributed by atoms with Crippen molar-refractivity contribution in [2.24, 2.45) is 12.8 Å². The molecule has 0 aliphatic carbocycles. The first kappa shape index (κ1) is 16.6. The number of aromatic nitrogens is 3. The summed E-state index contributed by atoms with van der Waals surface area (Å²) in [7, 11) is 1.79. The highest BCUT2D eigenvalue weighted by molar-refractivity contribution is 5.84. The maximum Gasteiger partial charge on any atom is 0.183 e. The van der Waals surface area contributed by atoms with Crippen LogP contribution in [0.1, 0.15) is 5.69 Å². The Morgan fingerprint density at radius 3 is 2.68 bits per heavy atom. The molecule has 0 fully saturated rings. The molecule has 1 aromatic carbocycles. The largest absolute Gasteiger partial charge is 0.489 e. The Hall–Kier alpha value is -3.24. The monoisotopic (exact) mass is 337 g/mol. The van der Waals surface area contributed by atoms with Crippen LogP contribution in [0.3, 0.4) is 0 Å². The number of rotatable bonds is 5. The Bertz CT molecular complexity index is 928. The van der Waals surface area contributed by atoms with Gasteiger partial charge in [0.2, 0.25) is 0 Å². The molecule has 0 radical (unpaired) electrons. The highest BCUT2D eigenvalue weighted by Gasteiger charge is 2.19. The number of ether oxygens (including phenoxy) is 1. The van der Waals surface area contributed by atoms with Crippen LogP contribution in [0.2, 0.25) is 0 Å². The van der Waals surface area contributed by atoms with E-state index >= 15 is 0 Å². The summed E-state index contributed by atoms with van der Waals surface area (Å²) in [5, 5.41) is 13.8. The van der Waals surface area contributed by atoms with E-state index in [2.05, 4.69) is 10.1 Å². The van der Waals surface area contributed by atoms with Crippen LogP contribution in [0, 0.1) is 17.1 Å². The predicted octanol–water partition coefficient (Wildman–Crippen LogP) is 2.50. The smallest absolute Gasteiger partial charge is 0.183 e. The molecular formula is C18H16FN5O. The number of pyridine rings is 1. The van der Waals surface area contributed by atoms with E-state index in [1.54, 1.807) is 36.1 Å². The Labute approximate surface area is 144 Å². The third kappa shape index (κ3) is 3.34. The molecule has 25 heavy (non-hydrogen) atoms. The van der Waals surface area contributed by atoms with Gasteiger partial charge in [-0.25, -0.2) is 9.37 Å². The molecule has 0 aliphatic heterocycles. The maximum absolute atomic E-state index is 13.2. The number of nitriles is 1. The SMILES string of the molecule is Cn1cc(-c2ccnc(C#N)c2OCCN)c(-c2ccc(F)cc2)n1. The minimum absolute atomic E-state index is 0.180. The molecule has 0 unspecified atom stereocenters. The number of hydrogen-bond donors (Lipinski definition) is 1. The molecule has 0 saturated heterocycles. The zero-order valence-electron chi connectivity index (χ0n) is 13.6. The van der Waals surface area contributed by atoms with E-state index in [0.717, 1.165) is 11.1 Å². The zero-order valence-corrected chi connectivity index (χ0v) is 13.6. The van der Waals surface area contributed by atoms with Gasteiger partial charge in [-0.15, -0.1) is 0 Å². The van der Waals surface area contributed by atoms with Crippen LogP contribution in [0.5, 0.6) is 5.75 Å². The summed E-state index contributed by atoms with van der Waals surface area (Å²) in [6, 6.07) is 9.88. The second kappa shape index (κ2) is 7.11. The maximum atomic E-state index is 13.2. The summed E-state index contributed by atoms with van der Waals surface area (Å²) in [6.45, 7) is 0.580. The Morgan fingerprint density at radius 1 is 1.24 bits per heavy atom. The number of halogens is 1. The van der Waals surface area contributed by atoms with Gasteiger partial charge in [-0.2, -0.15) is 10.4 Å². The van der Waals surface area contributed by atoms with Crippen molar-refractivity contribution in [3.05, 3.63) is 54.2 Å². The molecule has 0 saturated carbocycles. The van der Waals surface area contributed by atoms with Crippen molar-refractivity contribution in [2.75, 3.05) is 13.2 Å². The second-order valence-corrected chi connectivity index (χ2v) is 5.36. The molecule has 7 heteroatoms. The van der Waals surface area contributed by atoms with Crippen LogP contribution >= 0.6 is 0 Å². The third-order valence-corrected chi connectivity index (χ3v) is 3.61. The van der Waals surface area contributed by atoms with Gasteiger partial charge in [-0.05, 0) is 30.3 Å². The fourth-order valence-corrected chi connectivity index (χ4v) is 2.55. The first-order valence-corrected chi connectivity index (χ1v) is 7.66. The molecule has 3 aromatic rings. The van der Waals surface area contributed by atoms with E-state index in [0.29, 0.717) is 23.6 Å². The average Bonchev–Trinajstić information content (AvgIpc) is 3.01. The topological polar surface area (TPSA) is 89.8 Å². The Balaban J connectivity index is 2.18. The Morgan fingerprint density at radius 2 is 2.00 bits per heavy atom. The summed E-state index contributed by atoms with van der Waals surface area (Å²) >= 11 is 0. The minimum Gasteiger partial charge on any atom is -0.489 e. The van der Waals surface area contributed by atoms with Gasteiger partial charge >= 0.3 is 0 Å². The molecule has 0 atom stereocenters.